The van der Waals surface area contributed by atoms with Gasteiger partial charge in [-0.15, -0.1) is 10.2 Å². The summed E-state index contributed by atoms with van der Waals surface area (Å²) in [6.07, 6.45) is 6.89. The molecule has 0 N–H and O–H groups in total. The van der Waals surface area contributed by atoms with Crippen molar-refractivity contribution < 1.29 is 0 Å². The van der Waals surface area contributed by atoms with Gasteiger partial charge in [-0.3, -0.25) is 4.40 Å². The molecule has 1 saturated heterocycles. The number of aromatic nitrogens is 8. The molecule has 0 unspecified atom stereocenters. The third-order valence-corrected chi connectivity index (χ3v) is 4.95. The second-order valence-electron chi connectivity index (χ2n) is 6.40. The Morgan fingerprint density at radius 1 is 1.00 bits per heavy atom. The van der Waals surface area contributed by atoms with Gasteiger partial charge in [0.2, 0.25) is 5.65 Å². The first-order valence-corrected chi connectivity index (χ1v) is 8.53. The van der Waals surface area contributed by atoms with Crippen LogP contribution >= 0.6 is 0 Å². The zero-order chi connectivity index (χ0) is 17.7. The van der Waals surface area contributed by atoms with Gasteiger partial charge in [-0.25, -0.2) is 9.97 Å². The highest BCUT2D eigenvalue weighted by Crippen LogP contribution is 2.25. The van der Waals surface area contributed by atoms with Gasteiger partial charge in [0.05, 0.1) is 0 Å². The first-order valence-electron chi connectivity index (χ1n) is 8.53. The predicted molar refractivity (Wildman–Crippen MR) is 95.5 cm³/mol. The van der Waals surface area contributed by atoms with Crippen molar-refractivity contribution in [2.75, 3.05) is 36.0 Å². The molecule has 0 amide bonds. The highest BCUT2D eigenvalue weighted by atomic mass is 15.4. The molecule has 0 atom stereocenters. The highest BCUT2D eigenvalue weighted by molar-refractivity contribution is 5.64. The molecule has 0 aromatic carbocycles. The van der Waals surface area contributed by atoms with Gasteiger partial charge in [-0.05, 0) is 13.8 Å². The van der Waals surface area contributed by atoms with E-state index in [1.807, 2.05) is 22.0 Å². The number of rotatable bonds is 2. The molecule has 10 nitrogen and oxygen atoms in total. The Morgan fingerprint density at radius 3 is 2.65 bits per heavy atom. The van der Waals surface area contributed by atoms with Crippen molar-refractivity contribution in [2.24, 2.45) is 0 Å². The van der Waals surface area contributed by atoms with E-state index in [1.165, 1.54) is 0 Å². The van der Waals surface area contributed by atoms with E-state index in [0.717, 1.165) is 54.7 Å². The van der Waals surface area contributed by atoms with Gasteiger partial charge in [0.25, 0.3) is 5.78 Å². The number of piperazine rings is 1. The van der Waals surface area contributed by atoms with Crippen LogP contribution in [0.3, 0.4) is 0 Å². The van der Waals surface area contributed by atoms with Crippen LogP contribution in [0.5, 0.6) is 0 Å². The number of hydrogen-bond donors (Lipinski definition) is 0. The molecule has 0 spiro atoms. The standard InChI is InChI=1S/C16H18N10/c1-11-12(2)21-16-18-9-20-26(16)15(11)24-7-5-23(6-8-24)13-14-22-19-10-25(14)4-3-17-13/h3-4,9-10H,5-8H2,1-2H3. The summed E-state index contributed by atoms with van der Waals surface area (Å²) >= 11 is 0. The van der Waals surface area contributed by atoms with Crippen LogP contribution in [0.4, 0.5) is 11.6 Å². The summed E-state index contributed by atoms with van der Waals surface area (Å²) < 4.78 is 3.72. The van der Waals surface area contributed by atoms with Gasteiger partial charge in [-0.2, -0.15) is 14.6 Å². The molecule has 4 aromatic rings. The summed E-state index contributed by atoms with van der Waals surface area (Å²) in [6, 6.07) is 0. The van der Waals surface area contributed by atoms with Gasteiger partial charge < -0.3 is 9.80 Å². The highest BCUT2D eigenvalue weighted by Gasteiger charge is 2.24. The van der Waals surface area contributed by atoms with Gasteiger partial charge in [0.1, 0.15) is 18.5 Å². The van der Waals surface area contributed by atoms with Crippen molar-refractivity contribution in [3.63, 3.8) is 0 Å². The molecule has 0 saturated carbocycles. The van der Waals surface area contributed by atoms with E-state index in [0.29, 0.717) is 5.78 Å². The minimum atomic E-state index is 0.639. The second kappa shape index (κ2) is 5.61. The van der Waals surface area contributed by atoms with Crippen molar-refractivity contribution in [1.29, 1.82) is 0 Å². The molecular formula is C16H18N10. The Bertz CT molecular complexity index is 1090. The number of aryl methyl sites for hydroxylation is 1. The molecule has 26 heavy (non-hydrogen) atoms. The summed E-state index contributed by atoms with van der Waals surface area (Å²) in [7, 11) is 0. The summed E-state index contributed by atoms with van der Waals surface area (Å²) in [5.41, 5.74) is 2.91. The normalized spacial score (nSPS) is 15.3. The van der Waals surface area contributed by atoms with Crippen molar-refractivity contribution >= 4 is 23.1 Å². The van der Waals surface area contributed by atoms with E-state index in [2.05, 4.69) is 47.0 Å². The van der Waals surface area contributed by atoms with Crippen LogP contribution < -0.4 is 9.80 Å². The first-order chi connectivity index (χ1) is 12.7. The summed E-state index contributed by atoms with van der Waals surface area (Å²) in [4.78, 5) is 17.9. The van der Waals surface area contributed by atoms with Gasteiger partial charge >= 0.3 is 0 Å². The largest absolute Gasteiger partial charge is 0.353 e. The van der Waals surface area contributed by atoms with Gasteiger partial charge in [-0.1, -0.05) is 0 Å². The lowest BCUT2D eigenvalue weighted by Gasteiger charge is -2.37. The molecule has 1 aliphatic heterocycles. The van der Waals surface area contributed by atoms with Gasteiger partial charge in [0, 0.05) is 49.8 Å². The Labute approximate surface area is 149 Å². The molecule has 132 valence electrons. The molecular weight excluding hydrogens is 332 g/mol. The summed E-state index contributed by atoms with van der Waals surface area (Å²) in [6.45, 7) is 7.50. The van der Waals surface area contributed by atoms with Crippen LogP contribution in [0.1, 0.15) is 11.3 Å². The lowest BCUT2D eigenvalue weighted by atomic mass is 10.2. The summed E-state index contributed by atoms with van der Waals surface area (Å²) in [5, 5.41) is 12.5. The van der Waals surface area contributed by atoms with Crippen LogP contribution in [-0.4, -0.2) is 65.3 Å². The Kier molecular flexibility index (Phi) is 3.24. The quantitative estimate of drug-likeness (QED) is 0.516. The average Bonchev–Trinajstić information content (AvgIpc) is 3.31. The fraction of sp³-hybridized carbons (Fsp3) is 0.375. The minimum Gasteiger partial charge on any atom is -0.353 e. The van der Waals surface area contributed by atoms with E-state index in [4.69, 9.17) is 0 Å². The zero-order valence-electron chi connectivity index (χ0n) is 14.6. The average molecular weight is 350 g/mol. The smallest absolute Gasteiger partial charge is 0.254 e. The lowest BCUT2D eigenvalue weighted by Crippen LogP contribution is -2.48. The number of nitrogens with zero attached hydrogens (tertiary/aromatic N) is 10. The van der Waals surface area contributed by atoms with Crippen LogP contribution in [0, 0.1) is 13.8 Å². The molecule has 4 aromatic heterocycles. The minimum absolute atomic E-state index is 0.639. The molecule has 5 rings (SSSR count). The van der Waals surface area contributed by atoms with Crippen molar-refractivity contribution in [3.8, 4) is 0 Å². The number of fused-ring (bicyclic) bond motifs is 2. The van der Waals surface area contributed by atoms with Crippen LogP contribution in [0.15, 0.2) is 25.0 Å². The maximum atomic E-state index is 4.52. The van der Waals surface area contributed by atoms with Crippen LogP contribution in [0.2, 0.25) is 0 Å². The fourth-order valence-corrected chi connectivity index (χ4v) is 3.49. The molecule has 10 heteroatoms. The van der Waals surface area contributed by atoms with E-state index in [1.54, 1.807) is 18.9 Å². The summed E-state index contributed by atoms with van der Waals surface area (Å²) in [5.74, 6) is 2.58. The Hall–Kier alpha value is -3.30. The monoisotopic (exact) mass is 350 g/mol. The predicted octanol–water partition coefficient (Wildman–Crippen LogP) is 0.505. The van der Waals surface area contributed by atoms with E-state index >= 15 is 0 Å². The molecule has 0 bridgehead atoms. The number of anilines is 2. The number of hydrogen-bond acceptors (Lipinski definition) is 8. The molecule has 0 aliphatic carbocycles. The maximum Gasteiger partial charge on any atom is 0.254 e. The third kappa shape index (κ3) is 2.18. The molecule has 1 fully saturated rings. The second-order valence-corrected chi connectivity index (χ2v) is 6.40. The van der Waals surface area contributed by atoms with E-state index in [9.17, 15) is 0 Å². The van der Waals surface area contributed by atoms with E-state index < -0.39 is 0 Å². The van der Waals surface area contributed by atoms with Crippen molar-refractivity contribution in [2.45, 2.75) is 13.8 Å². The topological polar surface area (TPSA) is 92.6 Å². The fourth-order valence-electron chi connectivity index (χ4n) is 3.49. The van der Waals surface area contributed by atoms with Crippen molar-refractivity contribution in [1.82, 2.24) is 39.2 Å². The molecule has 1 aliphatic rings. The van der Waals surface area contributed by atoms with E-state index in [-0.39, 0.29) is 0 Å². The Balaban J connectivity index is 1.45. The SMILES string of the molecule is Cc1nc2ncnn2c(N2CCN(c3nccn4cnnc34)CC2)c1C. The maximum absolute atomic E-state index is 4.52. The zero-order valence-corrected chi connectivity index (χ0v) is 14.6. The molecule has 5 heterocycles. The van der Waals surface area contributed by atoms with Crippen LogP contribution in [0.25, 0.3) is 11.4 Å². The van der Waals surface area contributed by atoms with Crippen LogP contribution in [-0.2, 0) is 0 Å². The van der Waals surface area contributed by atoms with Crippen molar-refractivity contribution in [3.05, 3.63) is 36.3 Å². The Morgan fingerprint density at radius 2 is 1.81 bits per heavy atom. The van der Waals surface area contributed by atoms with Gasteiger partial charge in [0.15, 0.2) is 5.82 Å². The third-order valence-electron chi connectivity index (χ3n) is 4.95. The first kappa shape index (κ1) is 15.0. The molecule has 0 radical (unpaired) electrons. The lowest BCUT2D eigenvalue weighted by molar-refractivity contribution is 0.631.